The van der Waals surface area contributed by atoms with Crippen molar-refractivity contribution in [2.75, 3.05) is 26.9 Å². The van der Waals surface area contributed by atoms with E-state index in [0.717, 1.165) is 12.8 Å². The fourth-order valence-corrected chi connectivity index (χ4v) is 3.21. The van der Waals surface area contributed by atoms with E-state index in [9.17, 15) is 9.18 Å². The van der Waals surface area contributed by atoms with Crippen molar-refractivity contribution in [2.45, 2.75) is 31.1 Å². The molecule has 1 amide bonds. The Balaban J connectivity index is 1.59. The zero-order valence-electron chi connectivity index (χ0n) is 12.5. The quantitative estimate of drug-likeness (QED) is 0.848. The summed E-state index contributed by atoms with van der Waals surface area (Å²) in [6.07, 6.45) is 1.59. The van der Waals surface area contributed by atoms with E-state index in [2.05, 4.69) is 0 Å². The van der Waals surface area contributed by atoms with Gasteiger partial charge in [0.15, 0.2) is 6.61 Å². The summed E-state index contributed by atoms with van der Waals surface area (Å²) < 4.78 is 29.4. The maximum Gasteiger partial charge on any atom is 0.260 e. The summed E-state index contributed by atoms with van der Waals surface area (Å²) in [7, 11) is 1.68. The molecule has 120 valence electrons. The van der Waals surface area contributed by atoms with E-state index in [1.807, 2.05) is 4.90 Å². The highest BCUT2D eigenvalue weighted by molar-refractivity contribution is 5.78. The molecule has 0 aromatic heterocycles. The SMILES string of the molecule is CO[C@@H]1CCN(C(=O)COc2ccc(F)cc2)[C@H]2CCO[C@H]12. The van der Waals surface area contributed by atoms with Crippen molar-refractivity contribution in [2.24, 2.45) is 0 Å². The minimum absolute atomic E-state index is 0.0477. The number of hydrogen-bond donors (Lipinski definition) is 0. The number of hydrogen-bond acceptors (Lipinski definition) is 4. The Morgan fingerprint density at radius 3 is 2.86 bits per heavy atom. The first-order valence-corrected chi connectivity index (χ1v) is 7.51. The van der Waals surface area contributed by atoms with Gasteiger partial charge in [-0.3, -0.25) is 4.79 Å². The Bertz CT molecular complexity index is 521. The smallest absolute Gasteiger partial charge is 0.260 e. The van der Waals surface area contributed by atoms with E-state index < -0.39 is 0 Å². The number of carbonyl (C=O) groups excluding carboxylic acids is 1. The number of methoxy groups -OCH3 is 1. The second kappa shape index (κ2) is 6.62. The number of piperidine rings is 1. The van der Waals surface area contributed by atoms with Crippen LogP contribution in [0.5, 0.6) is 5.75 Å². The first kappa shape index (κ1) is 15.2. The summed E-state index contributed by atoms with van der Waals surface area (Å²) in [5.74, 6) is 0.0892. The van der Waals surface area contributed by atoms with Gasteiger partial charge >= 0.3 is 0 Å². The minimum Gasteiger partial charge on any atom is -0.484 e. The molecule has 0 radical (unpaired) electrons. The van der Waals surface area contributed by atoms with Crippen molar-refractivity contribution >= 4 is 5.91 Å². The van der Waals surface area contributed by atoms with Crippen LogP contribution in [-0.2, 0) is 14.3 Å². The Kier molecular flexibility index (Phi) is 4.59. The molecule has 5 nitrogen and oxygen atoms in total. The van der Waals surface area contributed by atoms with E-state index in [1.165, 1.54) is 24.3 Å². The number of amides is 1. The maximum absolute atomic E-state index is 12.8. The molecule has 2 fully saturated rings. The van der Waals surface area contributed by atoms with Gasteiger partial charge in [-0.2, -0.15) is 0 Å². The molecule has 0 saturated carbocycles. The summed E-state index contributed by atoms with van der Waals surface area (Å²) in [4.78, 5) is 14.2. The van der Waals surface area contributed by atoms with Crippen LogP contribution in [0.25, 0.3) is 0 Å². The van der Waals surface area contributed by atoms with Crippen molar-refractivity contribution in [3.63, 3.8) is 0 Å². The normalized spacial score (nSPS) is 27.5. The van der Waals surface area contributed by atoms with Gasteiger partial charge in [-0.05, 0) is 37.1 Å². The minimum atomic E-state index is -0.328. The Hall–Kier alpha value is -1.66. The van der Waals surface area contributed by atoms with Crippen LogP contribution in [0.1, 0.15) is 12.8 Å². The molecule has 2 aliphatic heterocycles. The maximum atomic E-state index is 12.8. The van der Waals surface area contributed by atoms with Crippen molar-refractivity contribution in [1.82, 2.24) is 4.90 Å². The van der Waals surface area contributed by atoms with E-state index in [4.69, 9.17) is 14.2 Å². The predicted octanol–water partition coefficient (Wildman–Crippen LogP) is 1.61. The van der Waals surface area contributed by atoms with Gasteiger partial charge in [0.25, 0.3) is 5.91 Å². The summed E-state index contributed by atoms with van der Waals surface area (Å²) >= 11 is 0. The lowest BCUT2D eigenvalue weighted by atomic mass is 9.95. The fraction of sp³-hybridized carbons (Fsp3) is 0.562. The highest BCUT2D eigenvalue weighted by Gasteiger charge is 2.44. The number of likely N-dealkylation sites (tertiary alicyclic amines) is 1. The highest BCUT2D eigenvalue weighted by atomic mass is 19.1. The number of benzene rings is 1. The first-order chi connectivity index (χ1) is 10.7. The van der Waals surface area contributed by atoms with Crippen LogP contribution in [0, 0.1) is 5.82 Å². The molecule has 1 aromatic carbocycles. The van der Waals surface area contributed by atoms with Crippen LogP contribution in [-0.4, -0.2) is 55.9 Å². The number of halogens is 1. The second-order valence-electron chi connectivity index (χ2n) is 5.58. The van der Waals surface area contributed by atoms with Gasteiger partial charge in [0.2, 0.25) is 0 Å². The summed E-state index contributed by atoms with van der Waals surface area (Å²) in [6, 6.07) is 5.71. The number of rotatable bonds is 4. The summed E-state index contributed by atoms with van der Waals surface area (Å²) in [6.45, 7) is 1.25. The molecule has 2 saturated heterocycles. The molecule has 0 aliphatic carbocycles. The number of carbonyl (C=O) groups is 1. The molecular formula is C16H20FNO4. The van der Waals surface area contributed by atoms with Crippen molar-refractivity contribution in [1.29, 1.82) is 0 Å². The van der Waals surface area contributed by atoms with Crippen molar-refractivity contribution in [3.8, 4) is 5.75 Å². The zero-order chi connectivity index (χ0) is 15.5. The number of ether oxygens (including phenoxy) is 3. The third kappa shape index (κ3) is 3.08. The lowest BCUT2D eigenvalue weighted by molar-refractivity contribution is -0.145. The van der Waals surface area contributed by atoms with E-state index in [-0.39, 0.29) is 36.6 Å². The first-order valence-electron chi connectivity index (χ1n) is 7.51. The molecule has 3 rings (SSSR count). The van der Waals surface area contributed by atoms with E-state index in [1.54, 1.807) is 7.11 Å². The fourth-order valence-electron chi connectivity index (χ4n) is 3.21. The standard InChI is InChI=1S/C16H20FNO4/c1-20-14-6-8-18(13-7-9-21-16(13)14)15(19)10-22-12-4-2-11(17)3-5-12/h2-5,13-14,16H,6-10H2,1H3/t13-,14+,16-/m0/s1. The topological polar surface area (TPSA) is 48.0 Å². The average molecular weight is 309 g/mol. The molecule has 2 heterocycles. The third-order valence-corrected chi connectivity index (χ3v) is 4.32. The van der Waals surface area contributed by atoms with Crippen molar-refractivity contribution < 1.29 is 23.4 Å². The molecule has 6 heteroatoms. The van der Waals surface area contributed by atoms with Gasteiger partial charge in [-0.25, -0.2) is 4.39 Å². The Morgan fingerprint density at radius 1 is 1.36 bits per heavy atom. The van der Waals surface area contributed by atoms with Gasteiger partial charge in [-0.1, -0.05) is 0 Å². The zero-order valence-corrected chi connectivity index (χ0v) is 12.5. The van der Waals surface area contributed by atoms with Crippen LogP contribution >= 0.6 is 0 Å². The lowest BCUT2D eigenvalue weighted by Crippen LogP contribution is -2.56. The van der Waals surface area contributed by atoms with Crippen LogP contribution in [0.15, 0.2) is 24.3 Å². The largest absolute Gasteiger partial charge is 0.484 e. The molecule has 0 spiro atoms. The molecule has 2 aliphatic rings. The average Bonchev–Trinajstić information content (AvgIpc) is 3.02. The molecule has 1 aromatic rings. The monoisotopic (exact) mass is 309 g/mol. The van der Waals surface area contributed by atoms with E-state index >= 15 is 0 Å². The molecular weight excluding hydrogens is 289 g/mol. The molecule has 0 unspecified atom stereocenters. The van der Waals surface area contributed by atoms with Gasteiger partial charge in [0, 0.05) is 20.3 Å². The lowest BCUT2D eigenvalue weighted by Gasteiger charge is -2.40. The highest BCUT2D eigenvalue weighted by Crippen LogP contribution is 2.30. The Labute approximate surface area is 128 Å². The molecule has 3 atom stereocenters. The number of nitrogens with zero attached hydrogens (tertiary/aromatic N) is 1. The number of fused-ring (bicyclic) bond motifs is 1. The van der Waals surface area contributed by atoms with E-state index in [0.29, 0.717) is 18.9 Å². The molecule has 22 heavy (non-hydrogen) atoms. The van der Waals surface area contributed by atoms with Crippen LogP contribution < -0.4 is 4.74 Å². The van der Waals surface area contributed by atoms with Gasteiger partial charge in [0.05, 0.1) is 12.1 Å². The Morgan fingerprint density at radius 2 is 2.14 bits per heavy atom. The predicted molar refractivity (Wildman–Crippen MR) is 77.2 cm³/mol. The van der Waals surface area contributed by atoms with Gasteiger partial charge in [0.1, 0.15) is 17.7 Å². The van der Waals surface area contributed by atoms with Gasteiger partial charge < -0.3 is 19.1 Å². The molecule has 0 bridgehead atoms. The second-order valence-corrected chi connectivity index (χ2v) is 5.58. The third-order valence-electron chi connectivity index (χ3n) is 4.32. The van der Waals surface area contributed by atoms with Crippen LogP contribution in [0.4, 0.5) is 4.39 Å². The van der Waals surface area contributed by atoms with Crippen LogP contribution in [0.3, 0.4) is 0 Å². The summed E-state index contributed by atoms with van der Waals surface area (Å²) in [5, 5.41) is 0. The van der Waals surface area contributed by atoms with Crippen LogP contribution in [0.2, 0.25) is 0 Å². The molecule has 0 N–H and O–H groups in total. The summed E-state index contributed by atoms with van der Waals surface area (Å²) in [5.41, 5.74) is 0. The van der Waals surface area contributed by atoms with Gasteiger partial charge in [-0.15, -0.1) is 0 Å². The van der Waals surface area contributed by atoms with Crippen molar-refractivity contribution in [3.05, 3.63) is 30.1 Å².